The van der Waals surface area contributed by atoms with Gasteiger partial charge in [-0.3, -0.25) is 0 Å². The van der Waals surface area contributed by atoms with Gasteiger partial charge in [-0.2, -0.15) is 0 Å². The Morgan fingerprint density at radius 1 is 1.33 bits per heavy atom. The lowest BCUT2D eigenvalue weighted by molar-refractivity contribution is 0.179. The summed E-state index contributed by atoms with van der Waals surface area (Å²) < 4.78 is 11.1. The van der Waals surface area contributed by atoms with Crippen molar-refractivity contribution >= 4 is 11.0 Å². The van der Waals surface area contributed by atoms with Crippen LogP contribution >= 0.6 is 0 Å². The maximum Gasteiger partial charge on any atom is 0.134 e. The van der Waals surface area contributed by atoms with Gasteiger partial charge in [0.1, 0.15) is 11.3 Å². The maximum atomic E-state index is 5.91. The summed E-state index contributed by atoms with van der Waals surface area (Å²) in [6, 6.07) is 10.5. The summed E-state index contributed by atoms with van der Waals surface area (Å²) in [6.07, 6.45) is 2.04. The molecule has 3 nitrogen and oxygen atoms in total. The molecule has 3 heteroatoms. The number of para-hydroxylation sites is 1. The minimum Gasteiger partial charge on any atom is -0.459 e. The zero-order chi connectivity index (χ0) is 12.8. The second-order valence-corrected chi connectivity index (χ2v) is 4.47. The van der Waals surface area contributed by atoms with Crippen LogP contribution in [-0.4, -0.2) is 20.3 Å². The van der Waals surface area contributed by atoms with Gasteiger partial charge in [-0.1, -0.05) is 25.1 Å². The van der Waals surface area contributed by atoms with Gasteiger partial charge >= 0.3 is 0 Å². The average molecular weight is 247 g/mol. The number of furan rings is 1. The van der Waals surface area contributed by atoms with Crippen LogP contribution in [0.25, 0.3) is 11.0 Å². The highest BCUT2D eigenvalue weighted by molar-refractivity contribution is 5.77. The molecule has 0 aliphatic rings. The van der Waals surface area contributed by atoms with Crippen LogP contribution in [0.1, 0.15) is 31.6 Å². The van der Waals surface area contributed by atoms with E-state index in [1.54, 1.807) is 7.11 Å². The Labute approximate surface area is 108 Å². The van der Waals surface area contributed by atoms with Crippen molar-refractivity contribution in [2.24, 2.45) is 0 Å². The Balaban J connectivity index is 2.17. The molecule has 0 aliphatic heterocycles. The lowest BCUT2D eigenvalue weighted by atomic mass is 10.1. The topological polar surface area (TPSA) is 34.4 Å². The zero-order valence-corrected chi connectivity index (χ0v) is 11.1. The second-order valence-electron chi connectivity index (χ2n) is 4.47. The first-order chi connectivity index (χ1) is 8.85. The number of methoxy groups -OCH3 is 1. The largest absolute Gasteiger partial charge is 0.459 e. The lowest BCUT2D eigenvalue weighted by Crippen LogP contribution is -2.22. The summed E-state index contributed by atoms with van der Waals surface area (Å²) >= 11 is 0. The number of fused-ring (bicyclic) bond motifs is 1. The molecular weight excluding hydrogens is 226 g/mol. The highest BCUT2D eigenvalue weighted by Gasteiger charge is 2.15. The van der Waals surface area contributed by atoms with Crippen LogP contribution in [0.5, 0.6) is 0 Å². The minimum absolute atomic E-state index is 0.234. The van der Waals surface area contributed by atoms with Gasteiger partial charge in [0.2, 0.25) is 0 Å². The average Bonchev–Trinajstić information content (AvgIpc) is 2.82. The van der Waals surface area contributed by atoms with E-state index in [0.717, 1.165) is 42.7 Å². The summed E-state index contributed by atoms with van der Waals surface area (Å²) in [5, 5.41) is 4.67. The highest BCUT2D eigenvalue weighted by atomic mass is 16.5. The third-order valence-corrected chi connectivity index (χ3v) is 3.04. The van der Waals surface area contributed by atoms with E-state index in [1.807, 2.05) is 18.2 Å². The van der Waals surface area contributed by atoms with Gasteiger partial charge in [0.05, 0.1) is 6.04 Å². The van der Waals surface area contributed by atoms with E-state index in [4.69, 9.17) is 9.15 Å². The Morgan fingerprint density at radius 2 is 2.17 bits per heavy atom. The third-order valence-electron chi connectivity index (χ3n) is 3.04. The van der Waals surface area contributed by atoms with Crippen LogP contribution in [0.3, 0.4) is 0 Å². The van der Waals surface area contributed by atoms with Crippen LogP contribution in [-0.2, 0) is 4.74 Å². The molecule has 0 saturated heterocycles. The molecule has 0 saturated carbocycles. The van der Waals surface area contributed by atoms with Gasteiger partial charge < -0.3 is 14.5 Å². The first-order valence-corrected chi connectivity index (χ1v) is 6.56. The molecule has 0 spiro atoms. The molecule has 1 aromatic heterocycles. The molecule has 98 valence electrons. The van der Waals surface area contributed by atoms with Gasteiger partial charge in [0.15, 0.2) is 0 Å². The van der Waals surface area contributed by atoms with Crippen LogP contribution in [0.15, 0.2) is 34.7 Å². The number of hydrogen-bond acceptors (Lipinski definition) is 3. The van der Waals surface area contributed by atoms with Gasteiger partial charge in [0, 0.05) is 19.1 Å². The first-order valence-electron chi connectivity index (χ1n) is 6.56. The van der Waals surface area contributed by atoms with Crippen molar-refractivity contribution in [2.75, 3.05) is 20.3 Å². The number of rotatable bonds is 7. The molecule has 2 aromatic rings. The second kappa shape index (κ2) is 6.57. The van der Waals surface area contributed by atoms with Crippen LogP contribution in [0.2, 0.25) is 0 Å². The summed E-state index contributed by atoms with van der Waals surface area (Å²) in [5.74, 6) is 1.00. The van der Waals surface area contributed by atoms with E-state index in [1.165, 1.54) is 0 Å². The summed E-state index contributed by atoms with van der Waals surface area (Å²) in [6.45, 7) is 3.89. The fourth-order valence-corrected chi connectivity index (χ4v) is 2.07. The molecule has 2 rings (SSSR count). The Morgan fingerprint density at radius 3 is 2.89 bits per heavy atom. The van der Waals surface area contributed by atoms with E-state index in [-0.39, 0.29) is 6.04 Å². The molecule has 1 unspecified atom stereocenters. The number of hydrogen-bond donors (Lipinski definition) is 1. The van der Waals surface area contributed by atoms with Crippen LogP contribution in [0.4, 0.5) is 0 Å². The molecule has 1 N–H and O–H groups in total. The zero-order valence-electron chi connectivity index (χ0n) is 11.1. The van der Waals surface area contributed by atoms with Crippen molar-refractivity contribution in [3.05, 3.63) is 36.1 Å². The van der Waals surface area contributed by atoms with Gasteiger partial charge in [-0.15, -0.1) is 0 Å². The smallest absolute Gasteiger partial charge is 0.134 e. The normalized spacial score (nSPS) is 13.0. The summed E-state index contributed by atoms with van der Waals surface area (Å²) in [5.41, 5.74) is 0.952. The molecule has 0 bridgehead atoms. The number of nitrogens with one attached hydrogen (secondary N) is 1. The molecule has 1 heterocycles. The predicted molar refractivity (Wildman–Crippen MR) is 73.7 cm³/mol. The van der Waals surface area contributed by atoms with Gasteiger partial charge in [-0.25, -0.2) is 0 Å². The van der Waals surface area contributed by atoms with Crippen molar-refractivity contribution in [3.8, 4) is 0 Å². The Hall–Kier alpha value is -1.32. The fraction of sp³-hybridized carbons (Fsp3) is 0.467. The van der Waals surface area contributed by atoms with E-state index < -0.39 is 0 Å². The Bertz CT molecular complexity index is 437. The summed E-state index contributed by atoms with van der Waals surface area (Å²) in [7, 11) is 1.73. The van der Waals surface area contributed by atoms with Crippen molar-refractivity contribution < 1.29 is 9.15 Å². The highest BCUT2D eigenvalue weighted by Crippen LogP contribution is 2.25. The molecule has 1 atom stereocenters. The summed E-state index contributed by atoms with van der Waals surface area (Å²) in [4.78, 5) is 0. The van der Waals surface area contributed by atoms with Crippen molar-refractivity contribution in [3.63, 3.8) is 0 Å². The quantitative estimate of drug-likeness (QED) is 0.813. The van der Waals surface area contributed by atoms with Gasteiger partial charge in [-0.05, 0) is 31.5 Å². The van der Waals surface area contributed by atoms with Gasteiger partial charge in [0.25, 0.3) is 0 Å². The van der Waals surface area contributed by atoms with Crippen molar-refractivity contribution in [1.29, 1.82) is 0 Å². The molecule has 0 aliphatic carbocycles. The van der Waals surface area contributed by atoms with Crippen molar-refractivity contribution in [2.45, 2.75) is 25.8 Å². The molecular formula is C15H21NO2. The number of ether oxygens (including phenoxy) is 1. The van der Waals surface area contributed by atoms with E-state index in [2.05, 4.69) is 24.4 Å². The molecule has 0 radical (unpaired) electrons. The van der Waals surface area contributed by atoms with Crippen LogP contribution in [0, 0.1) is 0 Å². The van der Waals surface area contributed by atoms with E-state index in [9.17, 15) is 0 Å². The molecule has 0 fully saturated rings. The molecule has 1 aromatic carbocycles. The Kier molecular flexibility index (Phi) is 4.79. The van der Waals surface area contributed by atoms with Crippen LogP contribution < -0.4 is 5.32 Å². The SMILES string of the molecule is CCCNC(CCOC)c1cc2ccccc2o1. The lowest BCUT2D eigenvalue weighted by Gasteiger charge is -2.15. The van der Waals surface area contributed by atoms with Crippen molar-refractivity contribution in [1.82, 2.24) is 5.32 Å². The predicted octanol–water partition coefficient (Wildman–Crippen LogP) is 3.51. The number of benzene rings is 1. The van der Waals surface area contributed by atoms with E-state index in [0.29, 0.717) is 0 Å². The maximum absolute atomic E-state index is 5.91. The standard InChI is InChI=1S/C15H21NO2/c1-3-9-16-13(8-10-17-2)15-11-12-6-4-5-7-14(12)18-15/h4-7,11,13,16H,3,8-10H2,1-2H3. The third kappa shape index (κ3) is 3.12. The monoisotopic (exact) mass is 247 g/mol. The first kappa shape index (κ1) is 13.1. The molecule has 18 heavy (non-hydrogen) atoms. The molecule has 0 amide bonds. The fourth-order valence-electron chi connectivity index (χ4n) is 2.07. The minimum atomic E-state index is 0.234. The van der Waals surface area contributed by atoms with E-state index >= 15 is 0 Å².